The number of piperidine rings is 1. The summed E-state index contributed by atoms with van der Waals surface area (Å²) in [5.74, 6) is -0.269. The molecule has 1 N–H and O–H groups in total. The average molecular weight is 359 g/mol. The molecule has 128 valence electrons. The zero-order valence-electron chi connectivity index (χ0n) is 12.5. The van der Waals surface area contributed by atoms with Crippen LogP contribution in [0.3, 0.4) is 0 Å². The van der Waals surface area contributed by atoms with Gasteiger partial charge >= 0.3 is 6.18 Å². The fourth-order valence-corrected chi connectivity index (χ4v) is 2.99. The van der Waals surface area contributed by atoms with Gasteiger partial charge in [-0.1, -0.05) is 11.6 Å². The number of carbonyl (C=O) groups is 1. The van der Waals surface area contributed by atoms with E-state index in [0.29, 0.717) is 31.5 Å². The van der Waals surface area contributed by atoms with Crippen LogP contribution in [0.15, 0.2) is 24.7 Å². The van der Waals surface area contributed by atoms with E-state index in [2.05, 4.69) is 15.0 Å². The highest BCUT2D eigenvalue weighted by Gasteiger charge is 2.35. The molecular weight excluding hydrogens is 345 g/mol. The van der Waals surface area contributed by atoms with Gasteiger partial charge in [0.1, 0.15) is 11.5 Å². The molecule has 0 aromatic carbocycles. The van der Waals surface area contributed by atoms with Crippen molar-refractivity contribution in [3.8, 4) is 0 Å². The van der Waals surface area contributed by atoms with E-state index in [1.807, 2.05) is 0 Å². The first kappa shape index (κ1) is 16.8. The summed E-state index contributed by atoms with van der Waals surface area (Å²) < 4.78 is 38.0. The molecule has 2 aromatic rings. The van der Waals surface area contributed by atoms with Crippen molar-refractivity contribution in [3.05, 3.63) is 46.8 Å². The Morgan fingerprint density at radius 3 is 2.83 bits per heavy atom. The molecule has 3 heterocycles. The second-order valence-corrected chi connectivity index (χ2v) is 6.03. The smallest absolute Gasteiger partial charge is 0.338 e. The van der Waals surface area contributed by atoms with E-state index >= 15 is 0 Å². The number of aromatic nitrogens is 3. The molecule has 0 aliphatic carbocycles. The molecule has 3 rings (SSSR count). The summed E-state index contributed by atoms with van der Waals surface area (Å²) in [5.41, 5.74) is -0.541. The Balaban J connectivity index is 1.76. The summed E-state index contributed by atoms with van der Waals surface area (Å²) in [7, 11) is 0. The van der Waals surface area contributed by atoms with Crippen molar-refractivity contribution in [1.82, 2.24) is 19.9 Å². The third-order valence-corrected chi connectivity index (χ3v) is 4.30. The second kappa shape index (κ2) is 6.43. The van der Waals surface area contributed by atoms with E-state index < -0.39 is 11.9 Å². The van der Waals surface area contributed by atoms with E-state index in [0.717, 1.165) is 6.20 Å². The topological polar surface area (TPSA) is 61.9 Å². The molecule has 0 radical (unpaired) electrons. The summed E-state index contributed by atoms with van der Waals surface area (Å²) in [6.45, 7) is 0.823. The Hall–Kier alpha value is -2.09. The monoisotopic (exact) mass is 358 g/mol. The lowest BCUT2D eigenvalue weighted by Crippen LogP contribution is -2.39. The lowest BCUT2D eigenvalue weighted by molar-refractivity contribution is -0.141. The molecule has 1 unspecified atom stereocenters. The molecule has 0 saturated carbocycles. The standard InChI is InChI=1S/C15H14ClF3N4O/c16-11-6-20-4-3-10(11)14(24)23-5-1-2-9(8-23)13-21-7-12(22-13)15(17,18)19/h3-4,6-7,9H,1-2,5,8H2,(H,21,22). The first-order valence-corrected chi connectivity index (χ1v) is 7.75. The number of hydrogen-bond acceptors (Lipinski definition) is 3. The maximum atomic E-state index is 12.7. The molecule has 0 bridgehead atoms. The predicted octanol–water partition coefficient (Wildman–Crippen LogP) is 3.50. The van der Waals surface area contributed by atoms with E-state index in [1.54, 1.807) is 4.90 Å². The number of likely N-dealkylation sites (tertiary alicyclic amines) is 1. The van der Waals surface area contributed by atoms with Crippen molar-refractivity contribution in [2.45, 2.75) is 24.9 Å². The van der Waals surface area contributed by atoms with Gasteiger partial charge in [0.05, 0.1) is 16.8 Å². The summed E-state index contributed by atoms with van der Waals surface area (Å²) in [6.07, 6.45) is 0.538. The van der Waals surface area contributed by atoms with Gasteiger partial charge < -0.3 is 9.88 Å². The van der Waals surface area contributed by atoms with Gasteiger partial charge in [-0.15, -0.1) is 0 Å². The number of nitrogens with one attached hydrogen (secondary N) is 1. The highest BCUT2D eigenvalue weighted by atomic mass is 35.5. The average Bonchev–Trinajstić information content (AvgIpc) is 3.05. The van der Waals surface area contributed by atoms with Crippen molar-refractivity contribution in [2.75, 3.05) is 13.1 Å². The van der Waals surface area contributed by atoms with Crippen LogP contribution in [-0.4, -0.2) is 38.8 Å². The summed E-state index contributed by atoms with van der Waals surface area (Å²) >= 11 is 5.99. The fourth-order valence-electron chi connectivity index (χ4n) is 2.79. The number of nitrogens with zero attached hydrogens (tertiary/aromatic N) is 3. The molecule has 1 saturated heterocycles. The van der Waals surface area contributed by atoms with Crippen LogP contribution in [0.5, 0.6) is 0 Å². The SMILES string of the molecule is O=C(c1ccncc1Cl)N1CCCC(c2ncc(C(F)(F)F)[nH]2)C1. The Morgan fingerprint density at radius 1 is 1.38 bits per heavy atom. The summed E-state index contributed by atoms with van der Waals surface area (Å²) in [6, 6.07) is 1.53. The van der Waals surface area contributed by atoms with E-state index in [-0.39, 0.29) is 22.7 Å². The van der Waals surface area contributed by atoms with E-state index in [9.17, 15) is 18.0 Å². The van der Waals surface area contributed by atoms with Crippen LogP contribution in [-0.2, 0) is 6.18 Å². The zero-order chi connectivity index (χ0) is 17.3. The van der Waals surface area contributed by atoms with Crippen LogP contribution in [0.1, 0.15) is 40.6 Å². The minimum atomic E-state index is -4.46. The number of rotatable bonds is 2. The van der Waals surface area contributed by atoms with Crippen LogP contribution in [0.4, 0.5) is 13.2 Å². The first-order valence-electron chi connectivity index (χ1n) is 7.37. The molecule has 2 aromatic heterocycles. The highest BCUT2D eigenvalue weighted by molar-refractivity contribution is 6.33. The number of pyridine rings is 1. The number of aromatic amines is 1. The largest absolute Gasteiger partial charge is 0.432 e. The van der Waals surface area contributed by atoms with Crippen molar-refractivity contribution < 1.29 is 18.0 Å². The quantitative estimate of drug-likeness (QED) is 0.893. The molecule has 1 aliphatic heterocycles. The zero-order valence-corrected chi connectivity index (χ0v) is 13.2. The lowest BCUT2D eigenvalue weighted by atomic mass is 9.97. The minimum Gasteiger partial charge on any atom is -0.338 e. The first-order chi connectivity index (χ1) is 11.4. The predicted molar refractivity (Wildman–Crippen MR) is 80.7 cm³/mol. The minimum absolute atomic E-state index is 0.251. The van der Waals surface area contributed by atoms with Gasteiger partial charge in [-0.2, -0.15) is 13.2 Å². The number of carbonyl (C=O) groups excluding carboxylic acids is 1. The molecule has 5 nitrogen and oxygen atoms in total. The molecule has 0 spiro atoms. The highest BCUT2D eigenvalue weighted by Crippen LogP contribution is 2.31. The van der Waals surface area contributed by atoms with Gasteiger partial charge in [-0.05, 0) is 18.9 Å². The summed E-state index contributed by atoms with van der Waals surface area (Å²) in [4.78, 5) is 24.2. The van der Waals surface area contributed by atoms with Crippen LogP contribution >= 0.6 is 11.6 Å². The van der Waals surface area contributed by atoms with E-state index in [4.69, 9.17) is 11.6 Å². The summed E-state index contributed by atoms with van der Waals surface area (Å²) in [5, 5.41) is 0.252. The number of H-pyrrole nitrogens is 1. The van der Waals surface area contributed by atoms with Gasteiger partial charge in [-0.3, -0.25) is 9.78 Å². The number of halogens is 4. The Kier molecular flexibility index (Phi) is 4.49. The number of hydrogen-bond donors (Lipinski definition) is 1. The molecule has 24 heavy (non-hydrogen) atoms. The van der Waals surface area contributed by atoms with Crippen LogP contribution < -0.4 is 0 Å². The third-order valence-electron chi connectivity index (χ3n) is 4.00. The molecule has 1 amide bonds. The molecule has 1 fully saturated rings. The van der Waals surface area contributed by atoms with Gasteiger partial charge in [0.25, 0.3) is 5.91 Å². The lowest BCUT2D eigenvalue weighted by Gasteiger charge is -2.32. The second-order valence-electron chi connectivity index (χ2n) is 5.63. The maximum absolute atomic E-state index is 12.7. The maximum Gasteiger partial charge on any atom is 0.432 e. The fraction of sp³-hybridized carbons (Fsp3) is 0.400. The number of amides is 1. The van der Waals surface area contributed by atoms with Gasteiger partial charge in [0, 0.05) is 31.4 Å². The van der Waals surface area contributed by atoms with Crippen LogP contribution in [0, 0.1) is 0 Å². The van der Waals surface area contributed by atoms with Gasteiger partial charge in [0.15, 0.2) is 0 Å². The Bertz CT molecular complexity index is 746. The normalized spacial score (nSPS) is 18.7. The molecule has 9 heteroatoms. The molecule has 1 atom stereocenters. The Morgan fingerprint density at radius 2 is 2.17 bits per heavy atom. The van der Waals surface area contributed by atoms with Crippen LogP contribution in [0.25, 0.3) is 0 Å². The van der Waals surface area contributed by atoms with Gasteiger partial charge in [0.2, 0.25) is 0 Å². The molecular formula is C15H14ClF3N4O. The van der Waals surface area contributed by atoms with Crippen molar-refractivity contribution in [2.24, 2.45) is 0 Å². The van der Waals surface area contributed by atoms with Crippen molar-refractivity contribution >= 4 is 17.5 Å². The van der Waals surface area contributed by atoms with Gasteiger partial charge in [-0.25, -0.2) is 4.98 Å². The molecule has 1 aliphatic rings. The van der Waals surface area contributed by atoms with Crippen LogP contribution in [0.2, 0.25) is 5.02 Å². The van der Waals surface area contributed by atoms with E-state index in [1.165, 1.54) is 18.5 Å². The Labute approximate surface area is 140 Å². The van der Waals surface area contributed by atoms with Crippen molar-refractivity contribution in [3.63, 3.8) is 0 Å². The van der Waals surface area contributed by atoms with Crippen molar-refractivity contribution in [1.29, 1.82) is 0 Å². The number of alkyl halides is 3. The third kappa shape index (κ3) is 3.38. The number of imidazole rings is 1.